The summed E-state index contributed by atoms with van der Waals surface area (Å²) in [5.41, 5.74) is -5.33. The molecule has 1 aliphatic rings. The predicted octanol–water partition coefficient (Wildman–Crippen LogP) is 2.64. The summed E-state index contributed by atoms with van der Waals surface area (Å²) in [5, 5.41) is 0. The van der Waals surface area contributed by atoms with Gasteiger partial charge in [-0.15, -0.1) is 0 Å². The van der Waals surface area contributed by atoms with Gasteiger partial charge in [0, 0.05) is 0 Å². The molecule has 0 aromatic rings. The molecule has 0 heterocycles. The Labute approximate surface area is 127 Å². The highest BCUT2D eigenvalue weighted by Crippen LogP contribution is 2.47. The second kappa shape index (κ2) is 6.30. The van der Waals surface area contributed by atoms with Crippen molar-refractivity contribution in [3.8, 4) is 0 Å². The number of rotatable bonds is 4. The van der Waals surface area contributed by atoms with Gasteiger partial charge in [0.25, 0.3) is 10.1 Å². The highest BCUT2D eigenvalue weighted by atomic mass is 32.2. The van der Waals surface area contributed by atoms with Gasteiger partial charge in [-0.05, 0) is 19.3 Å². The lowest BCUT2D eigenvalue weighted by atomic mass is 9.94. The van der Waals surface area contributed by atoms with Crippen molar-refractivity contribution >= 4 is 16.1 Å². The van der Waals surface area contributed by atoms with Crippen molar-refractivity contribution in [1.82, 2.24) is 0 Å². The SMILES string of the molecule is O=C(OC(CS(=O)(=O)O)(C(F)(F)F)C(F)(F)F)[C@@H]1CC=CCC1. The van der Waals surface area contributed by atoms with Crippen LogP contribution in [-0.4, -0.2) is 42.6 Å². The van der Waals surface area contributed by atoms with E-state index < -0.39 is 45.7 Å². The molecule has 0 aliphatic heterocycles. The molecule has 0 aromatic heterocycles. The van der Waals surface area contributed by atoms with Crippen LogP contribution in [0.4, 0.5) is 26.3 Å². The minimum absolute atomic E-state index is 0.0347. The van der Waals surface area contributed by atoms with E-state index in [1.807, 2.05) is 0 Å². The van der Waals surface area contributed by atoms with Gasteiger partial charge >= 0.3 is 23.9 Å². The molecule has 134 valence electrons. The third-order valence-corrected chi connectivity index (χ3v) is 3.95. The van der Waals surface area contributed by atoms with Crippen molar-refractivity contribution in [1.29, 1.82) is 0 Å². The molecule has 5 nitrogen and oxygen atoms in total. The third kappa shape index (κ3) is 4.59. The smallest absolute Gasteiger partial charge is 0.438 e. The van der Waals surface area contributed by atoms with E-state index >= 15 is 0 Å². The van der Waals surface area contributed by atoms with Crippen molar-refractivity contribution in [3.05, 3.63) is 12.2 Å². The summed E-state index contributed by atoms with van der Waals surface area (Å²) in [4.78, 5) is 11.7. The number of halogens is 6. The number of carbonyl (C=O) groups is 1. The molecule has 0 amide bonds. The summed E-state index contributed by atoms with van der Waals surface area (Å²) >= 11 is 0. The maximum Gasteiger partial charge on any atom is 0.438 e. The zero-order valence-electron chi connectivity index (χ0n) is 11.3. The molecule has 0 fully saturated rings. The Morgan fingerprint density at radius 1 is 1.13 bits per heavy atom. The first kappa shape index (κ1) is 19.7. The van der Waals surface area contributed by atoms with Gasteiger partial charge in [-0.25, -0.2) is 0 Å². The van der Waals surface area contributed by atoms with Crippen LogP contribution >= 0.6 is 0 Å². The van der Waals surface area contributed by atoms with E-state index in [0.717, 1.165) is 0 Å². The molecule has 0 spiro atoms. The van der Waals surface area contributed by atoms with Gasteiger partial charge in [-0.2, -0.15) is 34.8 Å². The fourth-order valence-corrected chi connectivity index (χ4v) is 2.89. The minimum atomic E-state index is -6.29. The molecule has 0 bridgehead atoms. The molecule has 12 heteroatoms. The Morgan fingerprint density at radius 3 is 2.00 bits per heavy atom. The maximum atomic E-state index is 12.9. The minimum Gasteiger partial charge on any atom is -0.438 e. The van der Waals surface area contributed by atoms with E-state index in [-0.39, 0.29) is 19.3 Å². The summed E-state index contributed by atoms with van der Waals surface area (Å²) in [6.07, 6.45) is -9.52. The number of esters is 1. The van der Waals surface area contributed by atoms with Crippen molar-refractivity contribution in [2.24, 2.45) is 5.92 Å². The molecule has 1 rings (SSSR count). The van der Waals surface area contributed by atoms with Crippen LogP contribution in [0.1, 0.15) is 19.3 Å². The Morgan fingerprint density at radius 2 is 1.65 bits per heavy atom. The summed E-state index contributed by atoms with van der Waals surface area (Å²) < 4.78 is 111. The van der Waals surface area contributed by atoms with Crippen LogP contribution in [0.15, 0.2) is 12.2 Å². The summed E-state index contributed by atoms with van der Waals surface area (Å²) in [6.45, 7) is 0. The fourth-order valence-electron chi connectivity index (χ4n) is 1.99. The van der Waals surface area contributed by atoms with Crippen LogP contribution < -0.4 is 0 Å². The second-order valence-electron chi connectivity index (χ2n) is 4.95. The van der Waals surface area contributed by atoms with Gasteiger partial charge in [-0.1, -0.05) is 12.2 Å². The maximum absolute atomic E-state index is 12.9. The molecule has 0 unspecified atom stereocenters. The van der Waals surface area contributed by atoms with Crippen molar-refractivity contribution in [2.45, 2.75) is 37.2 Å². The largest absolute Gasteiger partial charge is 0.438 e. The van der Waals surface area contributed by atoms with Crippen LogP contribution in [-0.2, 0) is 19.6 Å². The van der Waals surface area contributed by atoms with Crippen molar-refractivity contribution < 1.29 is 48.8 Å². The molecular formula is C11H12F6O5S. The molecule has 1 atom stereocenters. The van der Waals surface area contributed by atoms with E-state index in [1.165, 1.54) is 6.08 Å². The standard InChI is InChI=1S/C11H12F6O5S/c12-10(13,14)9(11(15,16)17,6-23(19,20)21)22-8(18)7-4-2-1-3-5-7/h1-2,7H,3-6H2,(H,19,20,21)/t7-/m1/s1. The molecule has 0 radical (unpaired) electrons. The Bertz CT molecular complexity index is 563. The number of hydrogen-bond donors (Lipinski definition) is 1. The highest BCUT2D eigenvalue weighted by molar-refractivity contribution is 7.85. The molecular weight excluding hydrogens is 358 g/mol. The molecule has 0 saturated carbocycles. The number of carbonyl (C=O) groups excluding carboxylic acids is 1. The van der Waals surface area contributed by atoms with Crippen LogP contribution in [0, 0.1) is 5.92 Å². The van der Waals surface area contributed by atoms with Gasteiger partial charge in [-0.3, -0.25) is 9.35 Å². The number of allylic oxidation sites excluding steroid dienone is 2. The van der Waals surface area contributed by atoms with Crippen molar-refractivity contribution in [3.63, 3.8) is 0 Å². The zero-order chi connectivity index (χ0) is 18.1. The summed E-state index contributed by atoms with van der Waals surface area (Å²) in [5.74, 6) is -5.94. The van der Waals surface area contributed by atoms with E-state index in [0.29, 0.717) is 0 Å². The molecule has 0 saturated heterocycles. The first-order valence-corrected chi connectivity index (χ1v) is 7.77. The summed E-state index contributed by atoms with van der Waals surface area (Å²) in [7, 11) is -5.76. The van der Waals surface area contributed by atoms with E-state index in [4.69, 9.17) is 4.55 Å². The molecule has 1 N–H and O–H groups in total. The van der Waals surface area contributed by atoms with Gasteiger partial charge in [0.1, 0.15) is 5.75 Å². The van der Waals surface area contributed by atoms with E-state index in [1.54, 1.807) is 6.08 Å². The van der Waals surface area contributed by atoms with Crippen LogP contribution in [0.2, 0.25) is 0 Å². The van der Waals surface area contributed by atoms with Gasteiger partial charge in [0.15, 0.2) is 0 Å². The molecule has 0 aromatic carbocycles. The lowest BCUT2D eigenvalue weighted by molar-refractivity contribution is -0.362. The Balaban J connectivity index is 3.27. The van der Waals surface area contributed by atoms with Gasteiger partial charge < -0.3 is 4.74 Å². The lowest BCUT2D eigenvalue weighted by Crippen LogP contribution is -2.63. The van der Waals surface area contributed by atoms with Crippen LogP contribution in [0.25, 0.3) is 0 Å². The first-order chi connectivity index (χ1) is 10.2. The fraction of sp³-hybridized carbons (Fsp3) is 0.727. The average Bonchev–Trinajstić information content (AvgIpc) is 2.34. The number of hydrogen-bond acceptors (Lipinski definition) is 4. The average molecular weight is 370 g/mol. The lowest BCUT2D eigenvalue weighted by Gasteiger charge is -2.36. The number of ether oxygens (including phenoxy) is 1. The van der Waals surface area contributed by atoms with Crippen LogP contribution in [0.3, 0.4) is 0 Å². The van der Waals surface area contributed by atoms with Gasteiger partial charge in [0.2, 0.25) is 0 Å². The topological polar surface area (TPSA) is 80.7 Å². The second-order valence-corrected chi connectivity index (χ2v) is 6.40. The third-order valence-electron chi connectivity index (χ3n) is 3.18. The Kier molecular flexibility index (Phi) is 5.41. The first-order valence-electron chi connectivity index (χ1n) is 6.16. The highest BCUT2D eigenvalue weighted by Gasteiger charge is 2.76. The molecule has 1 aliphatic carbocycles. The molecule has 23 heavy (non-hydrogen) atoms. The monoisotopic (exact) mass is 370 g/mol. The van der Waals surface area contributed by atoms with Gasteiger partial charge in [0.05, 0.1) is 5.92 Å². The van der Waals surface area contributed by atoms with Crippen LogP contribution in [0.5, 0.6) is 0 Å². The predicted molar refractivity (Wildman–Crippen MR) is 63.8 cm³/mol. The Hall–Kier alpha value is -1.30. The normalized spacial score (nSPS) is 20.4. The zero-order valence-corrected chi connectivity index (χ0v) is 12.1. The van der Waals surface area contributed by atoms with E-state index in [2.05, 4.69) is 4.74 Å². The van der Waals surface area contributed by atoms with E-state index in [9.17, 15) is 39.6 Å². The quantitative estimate of drug-likeness (QED) is 0.356. The number of alkyl halides is 6. The van der Waals surface area contributed by atoms with Crippen molar-refractivity contribution in [2.75, 3.05) is 5.75 Å². The summed E-state index contributed by atoms with van der Waals surface area (Å²) in [6, 6.07) is 0.